The molecule has 3 amide bonds. The highest BCUT2D eigenvalue weighted by Gasteiger charge is 2.31. The number of ether oxygens (including phenoxy) is 3. The number of nitrogens with zero attached hydrogens (tertiary/aromatic N) is 3. The number of benzene rings is 1. The Labute approximate surface area is 199 Å². The SMILES string of the molecule is CCOC(=O)OC1CCN(c2nc(Oc3ccc(C4NC(=O)NC4=O)cc3)ccc2[N+](=O)[O-])CC1. The fourth-order valence-corrected chi connectivity index (χ4v) is 3.83. The molecule has 4 rings (SSSR count). The van der Waals surface area contributed by atoms with E-state index >= 15 is 0 Å². The van der Waals surface area contributed by atoms with Crippen molar-refractivity contribution in [3.63, 3.8) is 0 Å². The van der Waals surface area contributed by atoms with Crippen molar-refractivity contribution in [2.24, 2.45) is 0 Å². The number of hydrogen-bond acceptors (Lipinski definition) is 10. The van der Waals surface area contributed by atoms with Crippen LogP contribution >= 0.6 is 0 Å². The van der Waals surface area contributed by atoms with Gasteiger partial charge in [-0.15, -0.1) is 0 Å². The third-order valence-electron chi connectivity index (χ3n) is 5.50. The molecule has 1 atom stereocenters. The first-order valence-corrected chi connectivity index (χ1v) is 11.0. The van der Waals surface area contributed by atoms with Crippen LogP contribution in [-0.2, 0) is 14.3 Å². The van der Waals surface area contributed by atoms with Gasteiger partial charge in [0.25, 0.3) is 5.91 Å². The molecule has 1 unspecified atom stereocenters. The first kappa shape index (κ1) is 23.7. The van der Waals surface area contributed by atoms with Gasteiger partial charge in [-0.25, -0.2) is 9.59 Å². The second-order valence-electron chi connectivity index (χ2n) is 7.80. The highest BCUT2D eigenvalue weighted by molar-refractivity contribution is 6.04. The molecule has 13 nitrogen and oxygen atoms in total. The van der Waals surface area contributed by atoms with E-state index < -0.39 is 29.1 Å². The number of carbonyl (C=O) groups is 3. The van der Waals surface area contributed by atoms with Crippen LogP contribution < -0.4 is 20.3 Å². The Morgan fingerprint density at radius 1 is 1.17 bits per heavy atom. The van der Waals surface area contributed by atoms with Crippen molar-refractivity contribution in [3.05, 3.63) is 52.1 Å². The molecule has 2 aromatic rings. The summed E-state index contributed by atoms with van der Waals surface area (Å²) in [5, 5.41) is 16.3. The fraction of sp³-hybridized carbons (Fsp3) is 0.364. The van der Waals surface area contributed by atoms with Crippen molar-refractivity contribution in [2.75, 3.05) is 24.6 Å². The monoisotopic (exact) mass is 485 g/mol. The molecule has 3 heterocycles. The van der Waals surface area contributed by atoms with Crippen molar-refractivity contribution < 1.29 is 33.5 Å². The Hall–Kier alpha value is -4.42. The molecule has 13 heteroatoms. The van der Waals surface area contributed by atoms with E-state index in [4.69, 9.17) is 14.2 Å². The highest BCUT2D eigenvalue weighted by atomic mass is 16.7. The summed E-state index contributed by atoms with van der Waals surface area (Å²) < 4.78 is 15.8. The zero-order valence-corrected chi connectivity index (χ0v) is 18.8. The van der Waals surface area contributed by atoms with Gasteiger partial charge in [-0.3, -0.25) is 20.2 Å². The summed E-state index contributed by atoms with van der Waals surface area (Å²) in [5.41, 5.74) is 0.409. The predicted octanol–water partition coefficient (Wildman–Crippen LogP) is 2.80. The fourth-order valence-electron chi connectivity index (χ4n) is 3.83. The lowest BCUT2D eigenvalue weighted by Crippen LogP contribution is -2.38. The smallest absolute Gasteiger partial charge is 0.439 e. The molecule has 0 bridgehead atoms. The maximum Gasteiger partial charge on any atom is 0.508 e. The Bertz CT molecular complexity index is 1130. The van der Waals surface area contributed by atoms with E-state index in [1.54, 1.807) is 36.1 Å². The molecular weight excluding hydrogens is 462 g/mol. The average molecular weight is 485 g/mol. The van der Waals surface area contributed by atoms with Crippen LogP contribution in [0.2, 0.25) is 0 Å². The number of amides is 3. The van der Waals surface area contributed by atoms with Crippen molar-refractivity contribution in [2.45, 2.75) is 31.9 Å². The number of aromatic nitrogens is 1. The minimum Gasteiger partial charge on any atom is -0.439 e. The molecule has 2 N–H and O–H groups in total. The summed E-state index contributed by atoms with van der Waals surface area (Å²) >= 11 is 0. The van der Waals surface area contributed by atoms with Crippen LogP contribution in [-0.4, -0.2) is 53.8 Å². The van der Waals surface area contributed by atoms with Crippen LogP contribution in [0.3, 0.4) is 0 Å². The zero-order valence-electron chi connectivity index (χ0n) is 18.8. The normalized spacial score (nSPS) is 18.0. The minimum atomic E-state index is -0.781. The topological polar surface area (TPSA) is 162 Å². The number of urea groups is 1. The van der Waals surface area contributed by atoms with Crippen molar-refractivity contribution >= 4 is 29.6 Å². The van der Waals surface area contributed by atoms with Crippen molar-refractivity contribution in [3.8, 4) is 11.6 Å². The number of imide groups is 1. The number of anilines is 1. The van der Waals surface area contributed by atoms with Gasteiger partial charge in [0.2, 0.25) is 11.7 Å². The van der Waals surface area contributed by atoms with Crippen LogP contribution in [0.15, 0.2) is 36.4 Å². The van der Waals surface area contributed by atoms with Crippen LogP contribution in [0.5, 0.6) is 11.6 Å². The number of nitro groups is 1. The molecular formula is C22H23N5O8. The Morgan fingerprint density at radius 2 is 1.89 bits per heavy atom. The van der Waals surface area contributed by atoms with Crippen LogP contribution in [0.1, 0.15) is 31.4 Å². The predicted molar refractivity (Wildman–Crippen MR) is 120 cm³/mol. The van der Waals surface area contributed by atoms with Gasteiger partial charge >= 0.3 is 17.9 Å². The van der Waals surface area contributed by atoms with Gasteiger partial charge in [-0.1, -0.05) is 12.1 Å². The van der Waals surface area contributed by atoms with Crippen LogP contribution in [0.4, 0.5) is 21.1 Å². The first-order valence-electron chi connectivity index (χ1n) is 11.0. The summed E-state index contributed by atoms with van der Waals surface area (Å²) in [6.45, 7) is 2.69. The molecule has 35 heavy (non-hydrogen) atoms. The summed E-state index contributed by atoms with van der Waals surface area (Å²) in [5.74, 6) is 0.258. The molecule has 0 spiro atoms. The third kappa shape index (κ3) is 5.57. The van der Waals surface area contributed by atoms with Crippen molar-refractivity contribution in [1.82, 2.24) is 15.6 Å². The van der Waals surface area contributed by atoms with Gasteiger partial charge in [0.05, 0.1) is 11.5 Å². The molecule has 1 aromatic carbocycles. The van der Waals surface area contributed by atoms with E-state index in [-0.39, 0.29) is 30.1 Å². The molecule has 0 aliphatic carbocycles. The summed E-state index contributed by atoms with van der Waals surface area (Å²) in [4.78, 5) is 51.8. The van der Waals surface area contributed by atoms with E-state index in [0.29, 0.717) is 37.2 Å². The highest BCUT2D eigenvalue weighted by Crippen LogP contribution is 2.33. The van der Waals surface area contributed by atoms with Crippen molar-refractivity contribution in [1.29, 1.82) is 0 Å². The Kier molecular flexibility index (Phi) is 6.94. The number of nitrogens with one attached hydrogen (secondary N) is 2. The lowest BCUT2D eigenvalue weighted by molar-refractivity contribution is -0.384. The van der Waals surface area contributed by atoms with Gasteiger partial charge in [-0.2, -0.15) is 4.98 Å². The molecule has 0 saturated carbocycles. The number of hydrogen-bond donors (Lipinski definition) is 2. The van der Waals surface area contributed by atoms with Crippen LogP contribution in [0, 0.1) is 10.1 Å². The molecule has 2 aliphatic heterocycles. The molecule has 0 radical (unpaired) electrons. The number of carbonyl (C=O) groups excluding carboxylic acids is 3. The van der Waals surface area contributed by atoms with E-state index in [9.17, 15) is 24.5 Å². The molecule has 2 aliphatic rings. The zero-order chi connectivity index (χ0) is 24.9. The van der Waals surface area contributed by atoms with Gasteiger partial charge in [-0.05, 0) is 24.6 Å². The quantitative estimate of drug-likeness (QED) is 0.258. The second kappa shape index (κ2) is 10.2. The van der Waals surface area contributed by atoms with Gasteiger partial charge < -0.3 is 24.4 Å². The van der Waals surface area contributed by atoms with E-state index in [2.05, 4.69) is 15.6 Å². The Balaban J connectivity index is 1.45. The summed E-state index contributed by atoms with van der Waals surface area (Å²) in [7, 11) is 0. The second-order valence-corrected chi connectivity index (χ2v) is 7.80. The van der Waals surface area contributed by atoms with E-state index in [1.807, 2.05) is 0 Å². The molecule has 2 saturated heterocycles. The Morgan fingerprint density at radius 3 is 2.49 bits per heavy atom. The van der Waals surface area contributed by atoms with E-state index in [1.165, 1.54) is 12.1 Å². The minimum absolute atomic E-state index is 0.148. The third-order valence-corrected chi connectivity index (χ3v) is 5.50. The number of rotatable bonds is 7. The van der Waals surface area contributed by atoms with Gasteiger partial charge in [0.1, 0.15) is 17.9 Å². The maximum absolute atomic E-state index is 11.8. The van der Waals surface area contributed by atoms with Gasteiger partial charge in [0, 0.05) is 38.1 Å². The number of pyridine rings is 1. The van der Waals surface area contributed by atoms with E-state index in [0.717, 1.165) is 0 Å². The molecule has 184 valence electrons. The average Bonchev–Trinajstić information content (AvgIpc) is 3.18. The maximum atomic E-state index is 11.8. The molecule has 2 fully saturated rings. The largest absolute Gasteiger partial charge is 0.508 e. The lowest BCUT2D eigenvalue weighted by Gasteiger charge is -2.31. The molecule has 1 aromatic heterocycles. The standard InChI is InChI=1S/C22H23N5O8/c1-2-33-22(30)35-15-9-11-26(12-10-15)19-16(27(31)32)7-8-17(23-19)34-14-5-3-13(4-6-14)18-20(28)25-21(29)24-18/h3-8,15,18H,2,9-12H2,1H3,(H2,24,25,28,29). The first-order chi connectivity index (χ1) is 16.8. The number of piperidine rings is 1. The summed E-state index contributed by atoms with van der Waals surface area (Å²) in [6, 6.07) is 7.86. The van der Waals surface area contributed by atoms with Crippen LogP contribution in [0.25, 0.3) is 0 Å². The van der Waals surface area contributed by atoms with Gasteiger partial charge in [0.15, 0.2) is 0 Å². The lowest BCUT2D eigenvalue weighted by atomic mass is 10.1. The summed E-state index contributed by atoms with van der Waals surface area (Å²) in [6.07, 6.45) is -0.133.